The number of benzene rings is 3. The van der Waals surface area contributed by atoms with Gasteiger partial charge in [-0.25, -0.2) is 4.90 Å². The van der Waals surface area contributed by atoms with E-state index in [1.54, 1.807) is 31.4 Å². The first-order valence-corrected chi connectivity index (χ1v) is 13.1. The minimum atomic E-state index is -1.35. The maximum Gasteiger partial charge on any atom is 0.250 e. The number of aryl methyl sites for hydroxylation is 2. The Morgan fingerprint density at radius 1 is 0.974 bits per heavy atom. The van der Waals surface area contributed by atoms with E-state index in [1.165, 1.54) is 4.90 Å². The third-order valence-electron chi connectivity index (χ3n) is 8.61. The molecule has 3 aliphatic rings. The number of hydrogen-bond acceptors (Lipinski definition) is 5. The lowest BCUT2D eigenvalue weighted by molar-refractivity contribution is -0.130. The summed E-state index contributed by atoms with van der Waals surface area (Å²) < 4.78 is 5.27. The number of carbonyl (C=O) groups is 3. The summed E-state index contributed by atoms with van der Waals surface area (Å²) >= 11 is 0. The van der Waals surface area contributed by atoms with Gasteiger partial charge >= 0.3 is 0 Å². The van der Waals surface area contributed by atoms with Gasteiger partial charge in [-0.15, -0.1) is 0 Å². The number of aromatic nitrogens is 1. The molecule has 0 aliphatic carbocycles. The number of nitrogens with zero attached hydrogens (tertiary/aromatic N) is 1. The number of ether oxygens (including phenoxy) is 1. The Hall–Kier alpha value is -4.43. The van der Waals surface area contributed by atoms with Gasteiger partial charge in [-0.05, 0) is 61.7 Å². The average Bonchev–Trinajstić information content (AvgIpc) is 3.64. The van der Waals surface area contributed by atoms with Gasteiger partial charge in [-0.1, -0.05) is 35.9 Å². The van der Waals surface area contributed by atoms with E-state index in [1.807, 2.05) is 56.4 Å². The van der Waals surface area contributed by atoms with Crippen molar-refractivity contribution in [3.63, 3.8) is 0 Å². The summed E-state index contributed by atoms with van der Waals surface area (Å²) in [6.45, 7) is 3.93. The monoisotopic (exact) mass is 520 g/mol. The molecule has 0 radical (unpaired) electrons. The second kappa shape index (κ2) is 8.28. The Balaban J connectivity index is 1.38. The highest BCUT2D eigenvalue weighted by molar-refractivity contribution is 6.26. The van der Waals surface area contributed by atoms with Gasteiger partial charge in [0.05, 0.1) is 24.6 Å². The summed E-state index contributed by atoms with van der Waals surface area (Å²) in [5.41, 5.74) is 4.53. The first-order chi connectivity index (χ1) is 18.8. The minimum absolute atomic E-state index is 0.291. The maximum absolute atomic E-state index is 14.2. The fraction of sp³-hybridized carbons (Fsp3) is 0.258. The molecular weight excluding hydrogens is 492 g/mol. The van der Waals surface area contributed by atoms with Crippen LogP contribution in [0.3, 0.4) is 0 Å². The zero-order valence-electron chi connectivity index (χ0n) is 21.9. The highest BCUT2D eigenvalue weighted by atomic mass is 16.5. The summed E-state index contributed by atoms with van der Waals surface area (Å²) in [5, 5.41) is 7.67. The van der Waals surface area contributed by atoms with Crippen molar-refractivity contribution in [2.75, 3.05) is 17.3 Å². The molecule has 2 fully saturated rings. The van der Waals surface area contributed by atoms with Crippen LogP contribution in [0.25, 0.3) is 10.9 Å². The fourth-order valence-electron chi connectivity index (χ4n) is 6.96. The van der Waals surface area contributed by atoms with Crippen LogP contribution < -0.4 is 20.3 Å². The van der Waals surface area contributed by atoms with E-state index in [9.17, 15) is 14.4 Å². The van der Waals surface area contributed by atoms with Crippen molar-refractivity contribution in [2.45, 2.75) is 31.8 Å². The first-order valence-electron chi connectivity index (χ1n) is 13.1. The number of nitrogens with one attached hydrogen (secondary N) is 3. The molecule has 8 heteroatoms. The third kappa shape index (κ3) is 3.18. The number of fused-ring (bicyclic) bond motifs is 5. The first kappa shape index (κ1) is 23.7. The van der Waals surface area contributed by atoms with Crippen LogP contribution in [-0.4, -0.2) is 35.9 Å². The zero-order valence-corrected chi connectivity index (χ0v) is 21.9. The van der Waals surface area contributed by atoms with E-state index in [-0.39, 0.29) is 17.7 Å². The molecule has 0 saturated carbocycles. The Morgan fingerprint density at radius 2 is 1.74 bits per heavy atom. The van der Waals surface area contributed by atoms with E-state index in [0.29, 0.717) is 23.5 Å². The predicted molar refractivity (Wildman–Crippen MR) is 148 cm³/mol. The number of H-pyrrole nitrogens is 1. The van der Waals surface area contributed by atoms with Gasteiger partial charge in [0.15, 0.2) is 0 Å². The quantitative estimate of drug-likeness (QED) is 0.354. The van der Waals surface area contributed by atoms with Gasteiger partial charge in [0, 0.05) is 34.4 Å². The number of aromatic amines is 1. The summed E-state index contributed by atoms with van der Waals surface area (Å²) in [4.78, 5) is 46.9. The second-order valence-electron chi connectivity index (χ2n) is 10.8. The summed E-state index contributed by atoms with van der Waals surface area (Å²) in [6, 6.07) is 18.4. The molecule has 4 heterocycles. The number of para-hydroxylation sites is 1. The summed E-state index contributed by atoms with van der Waals surface area (Å²) in [6.07, 6.45) is 2.43. The van der Waals surface area contributed by atoms with Crippen molar-refractivity contribution in [1.29, 1.82) is 0 Å². The van der Waals surface area contributed by atoms with E-state index in [4.69, 9.17) is 4.74 Å². The Labute approximate surface area is 225 Å². The van der Waals surface area contributed by atoms with Crippen LogP contribution in [0, 0.1) is 25.7 Å². The molecule has 1 spiro atoms. The van der Waals surface area contributed by atoms with Crippen molar-refractivity contribution < 1.29 is 19.1 Å². The number of anilines is 2. The standard InChI is InChI=1S/C31H28N4O4/c1-16-12-17(2)27-22(13-16)31(30(38)33-27)26-25(24(34-31)14-18-15-32-23-7-5-4-6-21(18)23)28(36)35(29(26)37)19-8-10-20(39-3)11-9-19/h4-13,15,24-26,32,34H,14H2,1-3H3,(H,33,38)/t24-,25-,26+,31-/m1/s1. The van der Waals surface area contributed by atoms with Crippen LogP contribution in [0.1, 0.15) is 22.3 Å². The number of amides is 3. The number of hydrogen-bond donors (Lipinski definition) is 3. The number of rotatable bonds is 4. The lowest BCUT2D eigenvalue weighted by Gasteiger charge is -2.30. The Morgan fingerprint density at radius 3 is 2.51 bits per heavy atom. The number of methoxy groups -OCH3 is 1. The molecule has 3 N–H and O–H groups in total. The van der Waals surface area contributed by atoms with Crippen LogP contribution in [-0.2, 0) is 26.3 Å². The highest BCUT2D eigenvalue weighted by Gasteiger charge is 2.70. The topological polar surface area (TPSA) is 104 Å². The van der Waals surface area contributed by atoms with Crippen molar-refractivity contribution in [3.05, 3.63) is 89.1 Å². The molecule has 7 rings (SSSR count). The van der Waals surface area contributed by atoms with Gasteiger partial charge in [0.25, 0.3) is 0 Å². The van der Waals surface area contributed by atoms with E-state index >= 15 is 0 Å². The summed E-state index contributed by atoms with van der Waals surface area (Å²) in [5.74, 6) is -1.93. The molecule has 0 unspecified atom stereocenters. The average molecular weight is 521 g/mol. The molecule has 3 aromatic carbocycles. The van der Waals surface area contributed by atoms with E-state index in [2.05, 4.69) is 15.6 Å². The van der Waals surface area contributed by atoms with Gasteiger partial charge in [0.2, 0.25) is 17.7 Å². The van der Waals surface area contributed by atoms with Crippen molar-refractivity contribution in [2.24, 2.45) is 11.8 Å². The molecule has 4 atom stereocenters. The second-order valence-corrected chi connectivity index (χ2v) is 10.8. The van der Waals surface area contributed by atoms with Crippen LogP contribution in [0.5, 0.6) is 5.75 Å². The van der Waals surface area contributed by atoms with Crippen molar-refractivity contribution in [1.82, 2.24) is 10.3 Å². The lowest BCUT2D eigenvalue weighted by Crippen LogP contribution is -2.53. The highest BCUT2D eigenvalue weighted by Crippen LogP contribution is 2.54. The molecule has 8 nitrogen and oxygen atoms in total. The smallest absolute Gasteiger partial charge is 0.250 e. The maximum atomic E-state index is 14.2. The van der Waals surface area contributed by atoms with Gasteiger partial charge in [0.1, 0.15) is 11.3 Å². The molecular formula is C31H28N4O4. The molecule has 3 aliphatic heterocycles. The third-order valence-corrected chi connectivity index (χ3v) is 8.61. The molecule has 0 bridgehead atoms. The molecule has 1 aromatic heterocycles. The fourth-order valence-corrected chi connectivity index (χ4v) is 6.96. The number of carbonyl (C=O) groups excluding carboxylic acids is 3. The van der Waals surface area contributed by atoms with Crippen molar-refractivity contribution >= 4 is 40.0 Å². The van der Waals surface area contributed by atoms with Crippen LogP contribution in [0.4, 0.5) is 11.4 Å². The normalized spacial score (nSPS) is 25.5. The van der Waals surface area contributed by atoms with Crippen molar-refractivity contribution in [3.8, 4) is 5.75 Å². The molecule has 3 amide bonds. The van der Waals surface area contributed by atoms with Gasteiger partial charge < -0.3 is 15.0 Å². The van der Waals surface area contributed by atoms with Crippen LogP contribution in [0.15, 0.2) is 66.9 Å². The molecule has 39 heavy (non-hydrogen) atoms. The number of imide groups is 1. The van der Waals surface area contributed by atoms with E-state index in [0.717, 1.165) is 33.2 Å². The van der Waals surface area contributed by atoms with E-state index < -0.39 is 23.4 Å². The Bertz CT molecular complexity index is 1690. The van der Waals surface area contributed by atoms with Crippen LogP contribution in [0.2, 0.25) is 0 Å². The molecule has 2 saturated heterocycles. The minimum Gasteiger partial charge on any atom is -0.497 e. The molecule has 4 aromatic rings. The largest absolute Gasteiger partial charge is 0.497 e. The SMILES string of the molecule is COc1ccc(N2C(=O)[C@H]3[C@@H](C2=O)[C@@]2(N[C@@H]3Cc3c[nH]c4ccccc34)C(=O)Nc3c(C)cc(C)cc32)cc1. The Kier molecular flexibility index (Phi) is 5.03. The van der Waals surface area contributed by atoms with Crippen LogP contribution >= 0.6 is 0 Å². The zero-order chi connectivity index (χ0) is 27.1. The molecule has 196 valence electrons. The van der Waals surface area contributed by atoms with Gasteiger partial charge in [-0.3, -0.25) is 19.7 Å². The summed E-state index contributed by atoms with van der Waals surface area (Å²) in [7, 11) is 1.57. The lowest BCUT2D eigenvalue weighted by atomic mass is 9.75. The van der Waals surface area contributed by atoms with Gasteiger partial charge in [-0.2, -0.15) is 0 Å². The predicted octanol–water partition coefficient (Wildman–Crippen LogP) is 3.96.